The average molecular weight is 491 g/mol. The zero-order valence-electron chi connectivity index (χ0n) is 19.7. The Kier molecular flexibility index (Phi) is 8.38. The summed E-state index contributed by atoms with van der Waals surface area (Å²) < 4.78 is 36.6. The summed E-state index contributed by atoms with van der Waals surface area (Å²) in [6.45, 7) is 3.92. The van der Waals surface area contributed by atoms with E-state index in [-0.39, 0.29) is 34.2 Å². The molecule has 0 aliphatic heterocycles. The van der Waals surface area contributed by atoms with E-state index in [1.807, 2.05) is 6.92 Å². The van der Waals surface area contributed by atoms with E-state index < -0.39 is 22.6 Å². The number of halogens is 1. The first-order valence-corrected chi connectivity index (χ1v) is 11.6. The molecule has 10 heteroatoms. The summed E-state index contributed by atoms with van der Waals surface area (Å²) in [7, 11) is 4.35. The third-order valence-electron chi connectivity index (χ3n) is 5.07. The molecule has 0 saturated carbocycles. The first kappa shape index (κ1) is 25.4. The van der Waals surface area contributed by atoms with Gasteiger partial charge in [0.05, 0.1) is 39.0 Å². The van der Waals surface area contributed by atoms with Gasteiger partial charge in [-0.25, -0.2) is 9.37 Å². The molecule has 2 aromatic carbocycles. The van der Waals surface area contributed by atoms with Crippen molar-refractivity contribution in [3.8, 4) is 22.9 Å². The van der Waals surface area contributed by atoms with Crippen molar-refractivity contribution in [2.75, 3.05) is 27.9 Å². The highest BCUT2D eigenvalue weighted by molar-refractivity contribution is 8.00. The van der Waals surface area contributed by atoms with Gasteiger partial charge in [-0.1, -0.05) is 25.1 Å². The fourth-order valence-corrected chi connectivity index (χ4v) is 4.72. The first-order chi connectivity index (χ1) is 16.4. The second-order valence-corrected chi connectivity index (χ2v) is 8.37. The normalized spacial score (nSPS) is 11.8. The number of benzene rings is 2. The maximum absolute atomic E-state index is 13.8. The van der Waals surface area contributed by atoms with Crippen molar-refractivity contribution in [3.05, 3.63) is 46.5 Å². The molecule has 1 heterocycles. The Morgan fingerprint density at radius 3 is 2.32 bits per heavy atom. The van der Waals surface area contributed by atoms with Crippen LogP contribution in [0.1, 0.15) is 26.7 Å². The van der Waals surface area contributed by atoms with Crippen LogP contribution >= 0.6 is 11.8 Å². The van der Waals surface area contributed by atoms with Crippen LogP contribution in [0.4, 0.5) is 4.39 Å². The van der Waals surface area contributed by atoms with Crippen LogP contribution in [0.2, 0.25) is 0 Å². The van der Waals surface area contributed by atoms with E-state index in [2.05, 4.69) is 0 Å². The molecule has 3 rings (SSSR count). The molecule has 0 fully saturated rings. The van der Waals surface area contributed by atoms with E-state index in [1.54, 1.807) is 6.92 Å². The molecular formula is C24H27FN2O6S. The molecular weight excluding hydrogens is 463 g/mol. The van der Waals surface area contributed by atoms with Gasteiger partial charge in [-0.3, -0.25) is 14.2 Å². The number of fused-ring (bicyclic) bond motifs is 1. The van der Waals surface area contributed by atoms with E-state index in [0.29, 0.717) is 17.9 Å². The highest BCUT2D eigenvalue weighted by Crippen LogP contribution is 2.42. The largest absolute Gasteiger partial charge is 0.493 e. The fourth-order valence-electron chi connectivity index (χ4n) is 3.51. The number of esters is 1. The molecule has 8 nitrogen and oxygen atoms in total. The lowest BCUT2D eigenvalue weighted by molar-refractivity contribution is -0.142. The smallest absolute Gasteiger partial charge is 0.319 e. The van der Waals surface area contributed by atoms with Crippen LogP contribution in [0.5, 0.6) is 17.2 Å². The summed E-state index contributed by atoms with van der Waals surface area (Å²) in [5, 5.41) is -0.139. The fraction of sp³-hybridized carbons (Fsp3) is 0.375. The number of aromatic nitrogens is 2. The van der Waals surface area contributed by atoms with Crippen molar-refractivity contribution in [1.29, 1.82) is 0 Å². The molecule has 0 saturated heterocycles. The molecule has 0 aliphatic rings. The summed E-state index contributed by atoms with van der Waals surface area (Å²) >= 11 is 1.11. The van der Waals surface area contributed by atoms with E-state index in [4.69, 9.17) is 23.9 Å². The monoisotopic (exact) mass is 490 g/mol. The van der Waals surface area contributed by atoms with Crippen molar-refractivity contribution in [2.45, 2.75) is 37.1 Å². The Balaban J connectivity index is 2.35. The van der Waals surface area contributed by atoms with Crippen molar-refractivity contribution < 1.29 is 28.1 Å². The second kappa shape index (κ2) is 11.2. The Labute approximate surface area is 201 Å². The van der Waals surface area contributed by atoms with Gasteiger partial charge in [0, 0.05) is 0 Å². The minimum Gasteiger partial charge on any atom is -0.493 e. The molecule has 182 valence electrons. The summed E-state index contributed by atoms with van der Waals surface area (Å²) in [5.41, 5.74) is 0.221. The highest BCUT2D eigenvalue weighted by Gasteiger charge is 2.27. The minimum atomic E-state index is -0.591. The molecule has 0 radical (unpaired) electrons. The van der Waals surface area contributed by atoms with Crippen LogP contribution in [0.25, 0.3) is 16.6 Å². The van der Waals surface area contributed by atoms with Crippen molar-refractivity contribution >= 4 is 28.6 Å². The summed E-state index contributed by atoms with van der Waals surface area (Å²) in [5.74, 6) is -0.0235. The number of hydrogen-bond acceptors (Lipinski definition) is 8. The molecule has 0 aliphatic carbocycles. The van der Waals surface area contributed by atoms with Crippen LogP contribution in [0.15, 0.2) is 40.3 Å². The molecule has 0 spiro atoms. The molecule has 3 aromatic rings. The third kappa shape index (κ3) is 4.96. The minimum absolute atomic E-state index is 0.214. The van der Waals surface area contributed by atoms with Gasteiger partial charge in [0.25, 0.3) is 5.56 Å². The molecule has 0 amide bonds. The van der Waals surface area contributed by atoms with Gasteiger partial charge in [-0.05, 0) is 43.7 Å². The lowest BCUT2D eigenvalue weighted by atomic mass is 10.2. The maximum atomic E-state index is 13.8. The van der Waals surface area contributed by atoms with Crippen LogP contribution in [0, 0.1) is 5.82 Å². The number of ether oxygens (including phenoxy) is 4. The van der Waals surface area contributed by atoms with Gasteiger partial charge in [-0.2, -0.15) is 0 Å². The average Bonchev–Trinajstić information content (AvgIpc) is 2.83. The highest BCUT2D eigenvalue weighted by atomic mass is 32.2. The third-order valence-corrected chi connectivity index (χ3v) is 6.27. The Bertz CT molecular complexity index is 1230. The first-order valence-electron chi connectivity index (χ1n) is 10.7. The summed E-state index contributed by atoms with van der Waals surface area (Å²) in [4.78, 5) is 31.1. The Morgan fingerprint density at radius 1 is 1.09 bits per heavy atom. The molecule has 0 N–H and O–H groups in total. The lowest BCUT2D eigenvalue weighted by Gasteiger charge is -2.20. The Hall–Kier alpha value is -3.27. The topological polar surface area (TPSA) is 88.9 Å². The number of nitrogens with zero attached hydrogens (tertiary/aromatic N) is 2. The van der Waals surface area contributed by atoms with Crippen LogP contribution < -0.4 is 19.8 Å². The Morgan fingerprint density at radius 2 is 1.76 bits per heavy atom. The standard InChI is InChI=1S/C24H27FN2O6S/c1-6-8-18(23(29)33-7-2)34-24-26-19-16(13-17(30-3)20(31-4)21(19)32-5)22(28)27(24)15-11-9-14(25)10-12-15/h9-13,18H,6-8H2,1-5H3. The van der Waals surface area contributed by atoms with Crippen molar-refractivity contribution in [2.24, 2.45) is 0 Å². The molecule has 1 atom stereocenters. The van der Waals surface area contributed by atoms with E-state index in [0.717, 1.165) is 18.2 Å². The SMILES string of the molecule is CCCC(Sc1nc2c(OC)c(OC)c(OC)cc2c(=O)n1-c1ccc(F)cc1)C(=O)OCC. The van der Waals surface area contributed by atoms with Gasteiger partial charge in [0.15, 0.2) is 16.7 Å². The lowest BCUT2D eigenvalue weighted by Crippen LogP contribution is -2.26. The van der Waals surface area contributed by atoms with Gasteiger partial charge < -0.3 is 18.9 Å². The zero-order chi connectivity index (χ0) is 24.8. The second-order valence-electron chi connectivity index (χ2n) is 7.20. The predicted octanol–water partition coefficient (Wildman–Crippen LogP) is 4.37. The summed E-state index contributed by atoms with van der Waals surface area (Å²) in [6, 6.07) is 6.99. The van der Waals surface area contributed by atoms with Gasteiger partial charge in [0.2, 0.25) is 5.75 Å². The van der Waals surface area contributed by atoms with Crippen LogP contribution in [0.3, 0.4) is 0 Å². The van der Waals surface area contributed by atoms with Gasteiger partial charge in [-0.15, -0.1) is 0 Å². The van der Waals surface area contributed by atoms with Gasteiger partial charge >= 0.3 is 5.97 Å². The van der Waals surface area contributed by atoms with Crippen LogP contribution in [-0.4, -0.2) is 48.7 Å². The van der Waals surface area contributed by atoms with Gasteiger partial charge in [0.1, 0.15) is 16.6 Å². The van der Waals surface area contributed by atoms with Crippen molar-refractivity contribution in [1.82, 2.24) is 9.55 Å². The summed E-state index contributed by atoms with van der Waals surface area (Å²) in [6.07, 6.45) is 1.24. The maximum Gasteiger partial charge on any atom is 0.319 e. The van der Waals surface area contributed by atoms with E-state index in [9.17, 15) is 14.0 Å². The number of methoxy groups -OCH3 is 3. The predicted molar refractivity (Wildman–Crippen MR) is 128 cm³/mol. The molecule has 0 bridgehead atoms. The van der Waals surface area contributed by atoms with Crippen LogP contribution in [-0.2, 0) is 9.53 Å². The van der Waals surface area contributed by atoms with Crippen molar-refractivity contribution in [3.63, 3.8) is 0 Å². The van der Waals surface area contributed by atoms with E-state index in [1.165, 1.54) is 56.2 Å². The molecule has 1 aromatic heterocycles. The molecule has 34 heavy (non-hydrogen) atoms. The molecule has 1 unspecified atom stereocenters. The number of carbonyl (C=O) groups excluding carboxylic acids is 1. The number of thioether (sulfide) groups is 1. The number of rotatable bonds is 10. The quantitative estimate of drug-likeness (QED) is 0.235. The number of hydrogen-bond donors (Lipinski definition) is 0. The number of carbonyl (C=O) groups is 1. The zero-order valence-corrected chi connectivity index (χ0v) is 20.5. The van der Waals surface area contributed by atoms with E-state index >= 15 is 0 Å².